The molecule has 3 rings (SSSR count). The summed E-state index contributed by atoms with van der Waals surface area (Å²) in [6, 6.07) is 16.6. The average molecular weight is 338 g/mol. The summed E-state index contributed by atoms with van der Waals surface area (Å²) in [5, 5.41) is 3.06. The highest BCUT2D eigenvalue weighted by molar-refractivity contribution is 5.82. The van der Waals surface area contributed by atoms with Crippen LogP contribution in [0.2, 0.25) is 0 Å². The second kappa shape index (κ2) is 7.70. The second-order valence-electron chi connectivity index (χ2n) is 6.74. The molecule has 25 heavy (non-hydrogen) atoms. The van der Waals surface area contributed by atoms with E-state index < -0.39 is 6.10 Å². The predicted molar refractivity (Wildman–Crippen MR) is 99.8 cm³/mol. The van der Waals surface area contributed by atoms with Crippen molar-refractivity contribution in [2.45, 2.75) is 31.9 Å². The summed E-state index contributed by atoms with van der Waals surface area (Å²) in [6.07, 6.45) is 1.24. The van der Waals surface area contributed by atoms with Gasteiger partial charge < -0.3 is 15.0 Å². The molecular formula is C21H26N2O2. The van der Waals surface area contributed by atoms with Crippen LogP contribution in [0.1, 0.15) is 29.7 Å². The number of amides is 1. The Hall–Kier alpha value is -2.33. The lowest BCUT2D eigenvalue weighted by Gasteiger charge is -2.26. The number of carbonyl (C=O) groups excluding carboxylic acids is 1. The molecule has 2 atom stereocenters. The van der Waals surface area contributed by atoms with Gasteiger partial charge in [0.25, 0.3) is 5.91 Å². The molecule has 1 aliphatic heterocycles. The van der Waals surface area contributed by atoms with Gasteiger partial charge >= 0.3 is 0 Å². The standard InChI is InChI=1S/C21H26N2O2/c1-4-15-9-11-16(12-10-15)18(23(2)3)14-22-21(24)20-13-17-7-5-6-8-19(17)25-20/h5-12,18,20H,4,13-14H2,1-3H3,(H,22,24)/t18-,20-/m0/s1. The fraction of sp³-hybridized carbons (Fsp3) is 0.381. The molecule has 0 fully saturated rings. The van der Waals surface area contributed by atoms with Crippen LogP contribution in [-0.2, 0) is 17.6 Å². The van der Waals surface area contributed by atoms with Crippen molar-refractivity contribution in [1.82, 2.24) is 10.2 Å². The second-order valence-corrected chi connectivity index (χ2v) is 6.74. The summed E-state index contributed by atoms with van der Waals surface area (Å²) in [5.74, 6) is 0.773. The van der Waals surface area contributed by atoms with Crippen LogP contribution in [0.15, 0.2) is 48.5 Å². The Morgan fingerprint density at radius 1 is 1.20 bits per heavy atom. The summed E-state index contributed by atoms with van der Waals surface area (Å²) >= 11 is 0. The number of nitrogens with zero attached hydrogens (tertiary/aromatic N) is 1. The third-order valence-corrected chi connectivity index (χ3v) is 4.81. The normalized spacial score (nSPS) is 17.0. The smallest absolute Gasteiger partial charge is 0.261 e. The van der Waals surface area contributed by atoms with Crippen LogP contribution < -0.4 is 10.1 Å². The van der Waals surface area contributed by atoms with Crippen LogP contribution in [0, 0.1) is 0 Å². The Balaban J connectivity index is 1.61. The van der Waals surface area contributed by atoms with Gasteiger partial charge in [-0.1, -0.05) is 49.4 Å². The lowest BCUT2D eigenvalue weighted by molar-refractivity contribution is -0.127. The molecule has 1 heterocycles. The van der Waals surface area contributed by atoms with E-state index in [0.29, 0.717) is 13.0 Å². The van der Waals surface area contributed by atoms with Gasteiger partial charge in [-0.3, -0.25) is 4.79 Å². The van der Waals surface area contributed by atoms with Crippen molar-refractivity contribution in [2.24, 2.45) is 0 Å². The van der Waals surface area contributed by atoms with Crippen LogP contribution in [-0.4, -0.2) is 37.6 Å². The molecule has 4 heteroatoms. The molecule has 132 valence electrons. The lowest BCUT2D eigenvalue weighted by atomic mass is 10.0. The minimum atomic E-state index is -0.428. The number of hydrogen-bond acceptors (Lipinski definition) is 3. The van der Waals surface area contributed by atoms with Crippen LogP contribution in [0.4, 0.5) is 0 Å². The maximum atomic E-state index is 12.5. The molecule has 1 N–H and O–H groups in total. The van der Waals surface area contributed by atoms with E-state index in [9.17, 15) is 4.79 Å². The topological polar surface area (TPSA) is 41.6 Å². The molecule has 0 saturated carbocycles. The van der Waals surface area contributed by atoms with Crippen molar-refractivity contribution in [2.75, 3.05) is 20.6 Å². The van der Waals surface area contributed by atoms with Gasteiger partial charge in [-0.25, -0.2) is 0 Å². The highest BCUT2D eigenvalue weighted by atomic mass is 16.5. The SMILES string of the molecule is CCc1ccc([C@H](CNC(=O)[C@@H]2Cc3ccccc3O2)N(C)C)cc1. The predicted octanol–water partition coefficient (Wildman–Crippen LogP) is 2.97. The summed E-state index contributed by atoms with van der Waals surface area (Å²) in [7, 11) is 4.07. The van der Waals surface area contributed by atoms with E-state index in [0.717, 1.165) is 17.7 Å². The highest BCUT2D eigenvalue weighted by Gasteiger charge is 2.29. The molecule has 0 radical (unpaired) electrons. The molecule has 4 nitrogen and oxygen atoms in total. The Labute approximate surface area is 149 Å². The van der Waals surface area contributed by atoms with Gasteiger partial charge in [0.05, 0.1) is 6.04 Å². The third kappa shape index (κ3) is 4.02. The molecule has 0 aromatic heterocycles. The van der Waals surface area contributed by atoms with Crippen molar-refractivity contribution < 1.29 is 9.53 Å². The Kier molecular flexibility index (Phi) is 5.39. The van der Waals surface area contributed by atoms with Crippen molar-refractivity contribution in [1.29, 1.82) is 0 Å². The van der Waals surface area contributed by atoms with E-state index in [2.05, 4.69) is 41.4 Å². The highest BCUT2D eigenvalue weighted by Crippen LogP contribution is 2.28. The number of rotatable bonds is 6. The number of nitrogens with one attached hydrogen (secondary N) is 1. The number of carbonyl (C=O) groups is 1. The lowest BCUT2D eigenvalue weighted by Crippen LogP contribution is -2.41. The zero-order valence-electron chi connectivity index (χ0n) is 15.2. The first-order chi connectivity index (χ1) is 12.1. The quantitative estimate of drug-likeness (QED) is 0.880. The number of aryl methyl sites for hydroxylation is 1. The summed E-state index contributed by atoms with van der Waals surface area (Å²) in [4.78, 5) is 14.6. The number of likely N-dealkylation sites (N-methyl/N-ethyl adjacent to an activating group) is 1. The zero-order valence-corrected chi connectivity index (χ0v) is 15.2. The van der Waals surface area contributed by atoms with Crippen molar-refractivity contribution in [3.8, 4) is 5.75 Å². The van der Waals surface area contributed by atoms with Gasteiger partial charge in [0.2, 0.25) is 0 Å². The molecule has 0 spiro atoms. The molecule has 2 aromatic carbocycles. The van der Waals surface area contributed by atoms with Gasteiger partial charge in [-0.15, -0.1) is 0 Å². The molecule has 1 aliphatic rings. The first kappa shape index (κ1) is 17.5. The Morgan fingerprint density at radius 2 is 1.92 bits per heavy atom. The van der Waals surface area contributed by atoms with E-state index in [1.807, 2.05) is 38.4 Å². The minimum absolute atomic E-state index is 0.0479. The first-order valence-electron chi connectivity index (χ1n) is 8.86. The minimum Gasteiger partial charge on any atom is -0.480 e. The van der Waals surface area contributed by atoms with E-state index in [1.54, 1.807) is 0 Å². The number of fused-ring (bicyclic) bond motifs is 1. The van der Waals surface area contributed by atoms with Gasteiger partial charge in [0.1, 0.15) is 5.75 Å². The first-order valence-corrected chi connectivity index (χ1v) is 8.86. The van der Waals surface area contributed by atoms with Gasteiger partial charge in [0, 0.05) is 13.0 Å². The summed E-state index contributed by atoms with van der Waals surface area (Å²) in [6.45, 7) is 2.71. The Bertz CT molecular complexity index is 700. The van der Waals surface area contributed by atoms with Crippen LogP contribution in [0.25, 0.3) is 0 Å². The maximum absolute atomic E-state index is 12.5. The zero-order chi connectivity index (χ0) is 17.8. The third-order valence-electron chi connectivity index (χ3n) is 4.81. The molecule has 1 amide bonds. The van der Waals surface area contributed by atoms with E-state index in [-0.39, 0.29) is 11.9 Å². The number of para-hydroxylation sites is 1. The Morgan fingerprint density at radius 3 is 2.56 bits per heavy atom. The van der Waals surface area contributed by atoms with E-state index in [1.165, 1.54) is 11.1 Å². The molecule has 0 aliphatic carbocycles. The van der Waals surface area contributed by atoms with Crippen molar-refractivity contribution in [3.63, 3.8) is 0 Å². The largest absolute Gasteiger partial charge is 0.480 e. The van der Waals surface area contributed by atoms with Crippen LogP contribution in [0.5, 0.6) is 5.75 Å². The van der Waals surface area contributed by atoms with Gasteiger partial charge in [-0.2, -0.15) is 0 Å². The monoisotopic (exact) mass is 338 g/mol. The summed E-state index contributed by atoms with van der Waals surface area (Å²) in [5.41, 5.74) is 3.63. The van der Waals surface area contributed by atoms with E-state index in [4.69, 9.17) is 4.74 Å². The molecular weight excluding hydrogens is 312 g/mol. The molecule has 0 unspecified atom stereocenters. The molecule has 2 aromatic rings. The maximum Gasteiger partial charge on any atom is 0.261 e. The van der Waals surface area contributed by atoms with Crippen molar-refractivity contribution >= 4 is 5.91 Å². The van der Waals surface area contributed by atoms with E-state index >= 15 is 0 Å². The average Bonchev–Trinajstić information content (AvgIpc) is 3.06. The number of ether oxygens (including phenoxy) is 1. The summed E-state index contributed by atoms with van der Waals surface area (Å²) < 4.78 is 5.77. The fourth-order valence-electron chi connectivity index (χ4n) is 3.21. The van der Waals surface area contributed by atoms with Crippen LogP contribution in [0.3, 0.4) is 0 Å². The number of hydrogen-bond donors (Lipinski definition) is 1. The van der Waals surface area contributed by atoms with Crippen LogP contribution >= 0.6 is 0 Å². The number of benzene rings is 2. The molecule has 0 bridgehead atoms. The molecule has 0 saturated heterocycles. The van der Waals surface area contributed by atoms with Crippen molar-refractivity contribution in [3.05, 3.63) is 65.2 Å². The van der Waals surface area contributed by atoms with Gasteiger partial charge in [-0.05, 0) is 43.3 Å². The fourth-order valence-corrected chi connectivity index (χ4v) is 3.21. The van der Waals surface area contributed by atoms with Gasteiger partial charge in [0.15, 0.2) is 6.10 Å².